The summed E-state index contributed by atoms with van der Waals surface area (Å²) in [7, 11) is 0. The fourth-order valence-corrected chi connectivity index (χ4v) is 9.43. The zero-order chi connectivity index (χ0) is 32.1. The van der Waals surface area contributed by atoms with Crippen LogP contribution < -0.4 is 0 Å². The van der Waals surface area contributed by atoms with Gasteiger partial charge in [-0.2, -0.15) is 0 Å². The molecule has 11 rings (SSSR count). The lowest BCUT2D eigenvalue weighted by Gasteiger charge is -2.11. The van der Waals surface area contributed by atoms with Gasteiger partial charge >= 0.3 is 0 Å². The predicted octanol–water partition coefficient (Wildman–Crippen LogP) is 13.1. The molecule has 0 aliphatic carbocycles. The third-order valence-corrected chi connectivity index (χ3v) is 11.5. The maximum atomic E-state index is 2.50. The van der Waals surface area contributed by atoms with E-state index in [1.807, 2.05) is 11.3 Å². The van der Waals surface area contributed by atoms with Crippen molar-refractivity contribution in [2.24, 2.45) is 0 Å². The zero-order valence-corrected chi connectivity index (χ0v) is 27.3. The number of aromatic nitrogens is 2. The summed E-state index contributed by atoms with van der Waals surface area (Å²) in [6.07, 6.45) is 0. The van der Waals surface area contributed by atoms with E-state index in [1.165, 1.54) is 91.4 Å². The van der Waals surface area contributed by atoms with Crippen molar-refractivity contribution in [1.29, 1.82) is 0 Å². The Balaban J connectivity index is 1.19. The van der Waals surface area contributed by atoms with Crippen molar-refractivity contribution in [1.82, 2.24) is 9.13 Å². The SMILES string of the molecule is c1ccc(-n2c3c4ccccc4ccc3c3ccc4c(c5ccccc5n4-c4ccc(-c5cccc6c5sc5ccccc56)cc4)c32)cc1. The molecule has 0 N–H and O–H groups in total. The van der Waals surface area contributed by atoms with E-state index in [4.69, 9.17) is 0 Å². The van der Waals surface area contributed by atoms with Crippen molar-refractivity contribution in [2.75, 3.05) is 0 Å². The van der Waals surface area contributed by atoms with Gasteiger partial charge < -0.3 is 9.13 Å². The minimum absolute atomic E-state index is 1.16. The van der Waals surface area contributed by atoms with Gasteiger partial charge in [-0.15, -0.1) is 11.3 Å². The maximum absolute atomic E-state index is 2.50. The molecule has 0 saturated heterocycles. The highest BCUT2D eigenvalue weighted by molar-refractivity contribution is 7.26. The molecule has 0 spiro atoms. The van der Waals surface area contributed by atoms with Crippen LogP contribution in [0.4, 0.5) is 0 Å². The van der Waals surface area contributed by atoms with Crippen LogP contribution in [0.15, 0.2) is 170 Å². The number of hydrogen-bond donors (Lipinski definition) is 0. The lowest BCUT2D eigenvalue weighted by molar-refractivity contribution is 1.18. The Labute approximate surface area is 286 Å². The molecule has 2 nitrogen and oxygen atoms in total. The molecule has 0 amide bonds. The molecule has 0 radical (unpaired) electrons. The molecule has 0 atom stereocenters. The first-order chi connectivity index (χ1) is 24.3. The number of nitrogens with zero attached hydrogens (tertiary/aromatic N) is 2. The van der Waals surface area contributed by atoms with Crippen molar-refractivity contribution in [3.8, 4) is 22.5 Å². The highest BCUT2D eigenvalue weighted by Crippen LogP contribution is 2.44. The van der Waals surface area contributed by atoms with E-state index in [9.17, 15) is 0 Å². The van der Waals surface area contributed by atoms with Crippen molar-refractivity contribution in [3.63, 3.8) is 0 Å². The molecule has 0 saturated carbocycles. The smallest absolute Gasteiger partial charge is 0.0641 e. The van der Waals surface area contributed by atoms with Crippen molar-refractivity contribution >= 4 is 85.9 Å². The molecule has 0 fully saturated rings. The first kappa shape index (κ1) is 26.9. The summed E-state index contributed by atoms with van der Waals surface area (Å²) in [5, 5.41) is 10.3. The van der Waals surface area contributed by atoms with Crippen LogP contribution in [0.1, 0.15) is 0 Å². The second-order valence-electron chi connectivity index (χ2n) is 12.9. The van der Waals surface area contributed by atoms with Crippen LogP contribution in [0.25, 0.3) is 97.1 Å². The van der Waals surface area contributed by atoms with Crippen molar-refractivity contribution < 1.29 is 0 Å². The van der Waals surface area contributed by atoms with E-state index in [0.717, 1.165) is 5.69 Å². The predicted molar refractivity (Wildman–Crippen MR) is 211 cm³/mol. The molecule has 49 heavy (non-hydrogen) atoms. The van der Waals surface area contributed by atoms with Gasteiger partial charge in [-0.1, -0.05) is 127 Å². The van der Waals surface area contributed by atoms with Crippen LogP contribution in [-0.2, 0) is 0 Å². The average Bonchev–Trinajstić information content (AvgIpc) is 3.83. The number of thiophene rings is 1. The van der Waals surface area contributed by atoms with Gasteiger partial charge in [0.2, 0.25) is 0 Å². The van der Waals surface area contributed by atoms with Gasteiger partial charge in [-0.05, 0) is 59.0 Å². The molecule has 3 heteroatoms. The quantitative estimate of drug-likeness (QED) is 0.182. The summed E-state index contributed by atoms with van der Waals surface area (Å²) >= 11 is 1.88. The van der Waals surface area contributed by atoms with Gasteiger partial charge in [0.1, 0.15) is 0 Å². The van der Waals surface area contributed by atoms with E-state index < -0.39 is 0 Å². The molecule has 0 aliphatic rings. The van der Waals surface area contributed by atoms with E-state index in [2.05, 4.69) is 179 Å². The van der Waals surface area contributed by atoms with Crippen LogP contribution in [0.2, 0.25) is 0 Å². The molecule has 3 heterocycles. The fourth-order valence-electron chi connectivity index (χ4n) is 8.19. The van der Waals surface area contributed by atoms with Crippen LogP contribution in [0, 0.1) is 0 Å². The van der Waals surface area contributed by atoms with Gasteiger partial charge in [0.05, 0.1) is 22.1 Å². The van der Waals surface area contributed by atoms with Crippen LogP contribution >= 0.6 is 11.3 Å². The topological polar surface area (TPSA) is 9.86 Å². The minimum atomic E-state index is 1.16. The first-order valence-electron chi connectivity index (χ1n) is 16.8. The van der Waals surface area contributed by atoms with Crippen LogP contribution in [0.3, 0.4) is 0 Å². The fraction of sp³-hybridized carbons (Fsp3) is 0. The molecule has 8 aromatic carbocycles. The van der Waals surface area contributed by atoms with Crippen molar-refractivity contribution in [2.45, 2.75) is 0 Å². The summed E-state index contributed by atoms with van der Waals surface area (Å²) in [6.45, 7) is 0. The second-order valence-corrected chi connectivity index (χ2v) is 13.9. The number of para-hydroxylation sites is 2. The largest absolute Gasteiger partial charge is 0.309 e. The summed E-state index contributed by atoms with van der Waals surface area (Å²) < 4.78 is 7.62. The Kier molecular flexibility index (Phi) is 5.57. The normalized spacial score (nSPS) is 12.1. The third kappa shape index (κ3) is 3.76. The monoisotopic (exact) mass is 640 g/mol. The van der Waals surface area contributed by atoms with Gasteiger partial charge in [-0.3, -0.25) is 0 Å². The van der Waals surface area contributed by atoms with Crippen LogP contribution in [0.5, 0.6) is 0 Å². The Morgan fingerprint density at radius 1 is 0.367 bits per heavy atom. The first-order valence-corrected chi connectivity index (χ1v) is 17.6. The molecular formula is C46H28N2S. The van der Waals surface area contributed by atoms with Crippen LogP contribution in [-0.4, -0.2) is 9.13 Å². The Morgan fingerprint density at radius 2 is 1.04 bits per heavy atom. The molecule has 0 aliphatic heterocycles. The number of benzene rings is 8. The number of rotatable bonds is 3. The molecule has 228 valence electrons. The van der Waals surface area contributed by atoms with E-state index in [0.29, 0.717) is 0 Å². The van der Waals surface area contributed by atoms with Gasteiger partial charge in [-0.25, -0.2) is 0 Å². The lowest BCUT2D eigenvalue weighted by atomic mass is 10.0. The Morgan fingerprint density at radius 3 is 1.92 bits per heavy atom. The lowest BCUT2D eigenvalue weighted by Crippen LogP contribution is -1.95. The summed E-state index contributed by atoms with van der Waals surface area (Å²) in [5.74, 6) is 0. The third-order valence-electron chi connectivity index (χ3n) is 10.3. The standard InChI is InChI=1S/C46H28N2S/c1-2-12-31(13-3-1)48-44-33-14-5-4-11-29(33)23-26-36(44)37-27-28-41-43(45(37)48)39-16-6-8-19-40(39)47(41)32-24-21-30(22-25-32)34-17-10-18-38-35-15-7-9-20-42(35)49-46(34)38/h1-28H. The van der Waals surface area contributed by atoms with Gasteiger partial charge in [0.15, 0.2) is 0 Å². The number of fused-ring (bicyclic) bond motifs is 12. The summed E-state index contributed by atoms with van der Waals surface area (Å²) in [5.41, 5.74) is 9.76. The number of hydrogen-bond acceptors (Lipinski definition) is 1. The molecule has 0 bridgehead atoms. The molecule has 11 aromatic rings. The summed E-state index contributed by atoms with van der Waals surface area (Å²) in [6, 6.07) is 62.3. The Hall–Kier alpha value is -6.16. The minimum Gasteiger partial charge on any atom is -0.309 e. The Bertz CT molecular complexity index is 3090. The van der Waals surface area contributed by atoms with E-state index >= 15 is 0 Å². The van der Waals surface area contributed by atoms with Crippen molar-refractivity contribution in [3.05, 3.63) is 170 Å². The second kappa shape index (κ2) is 10.2. The molecule has 3 aromatic heterocycles. The molecular weight excluding hydrogens is 613 g/mol. The highest BCUT2D eigenvalue weighted by Gasteiger charge is 2.22. The average molecular weight is 641 g/mol. The summed E-state index contributed by atoms with van der Waals surface area (Å²) in [4.78, 5) is 0. The van der Waals surface area contributed by atoms with Gasteiger partial charge in [0.25, 0.3) is 0 Å². The zero-order valence-electron chi connectivity index (χ0n) is 26.5. The maximum Gasteiger partial charge on any atom is 0.0641 e. The molecule has 0 unspecified atom stereocenters. The highest BCUT2D eigenvalue weighted by atomic mass is 32.1. The van der Waals surface area contributed by atoms with Gasteiger partial charge in [0, 0.05) is 58.5 Å². The van der Waals surface area contributed by atoms with E-state index in [1.54, 1.807) is 0 Å². The van der Waals surface area contributed by atoms with E-state index in [-0.39, 0.29) is 0 Å².